The first kappa shape index (κ1) is 7.33. The zero-order valence-corrected chi connectivity index (χ0v) is 7.23. The van der Waals surface area contributed by atoms with Crippen LogP contribution in [0.2, 0.25) is 0 Å². The summed E-state index contributed by atoms with van der Waals surface area (Å²) in [5, 5.41) is 0. The molecular formula is C8H13Br. The summed E-state index contributed by atoms with van der Waals surface area (Å²) in [5.74, 6) is 0.804. The third-order valence-corrected chi connectivity index (χ3v) is 2.95. The molecular weight excluding hydrogens is 176 g/mol. The number of halogens is 1. The van der Waals surface area contributed by atoms with E-state index < -0.39 is 0 Å². The number of hydrogen-bond acceptors (Lipinski definition) is 0. The molecule has 1 heteroatoms. The van der Waals surface area contributed by atoms with Crippen molar-refractivity contribution in [1.29, 1.82) is 0 Å². The molecule has 0 N–H and O–H groups in total. The lowest BCUT2D eigenvalue weighted by Gasteiger charge is -2.21. The maximum Gasteiger partial charge on any atom is 0.0146 e. The van der Waals surface area contributed by atoms with Gasteiger partial charge in [0.25, 0.3) is 0 Å². The van der Waals surface area contributed by atoms with Gasteiger partial charge in [0.2, 0.25) is 0 Å². The van der Waals surface area contributed by atoms with E-state index in [-0.39, 0.29) is 0 Å². The van der Waals surface area contributed by atoms with Crippen molar-refractivity contribution in [3.05, 3.63) is 12.7 Å². The molecule has 0 spiro atoms. The Morgan fingerprint density at radius 2 is 1.78 bits per heavy atom. The average molecular weight is 189 g/mol. The monoisotopic (exact) mass is 188 g/mol. The first-order valence-corrected chi connectivity index (χ1v) is 4.51. The molecule has 1 fully saturated rings. The van der Waals surface area contributed by atoms with Gasteiger partial charge in [-0.2, -0.15) is 0 Å². The van der Waals surface area contributed by atoms with E-state index in [4.69, 9.17) is 0 Å². The molecule has 1 rings (SSSR count). The molecule has 9 heavy (non-hydrogen) atoms. The Hall–Kier alpha value is 0.220. The molecule has 0 aliphatic heterocycles. The topological polar surface area (TPSA) is 0 Å². The smallest absolute Gasteiger partial charge is 0.0146 e. The van der Waals surface area contributed by atoms with Gasteiger partial charge in [-0.05, 0) is 31.6 Å². The van der Waals surface area contributed by atoms with Gasteiger partial charge in [-0.3, -0.25) is 0 Å². The fourth-order valence-electron chi connectivity index (χ4n) is 1.31. The minimum absolute atomic E-state index is 0.786. The third kappa shape index (κ3) is 2.13. The van der Waals surface area contributed by atoms with Crippen molar-refractivity contribution in [3.63, 3.8) is 0 Å². The quantitative estimate of drug-likeness (QED) is 0.439. The minimum atomic E-state index is 0.786. The molecule has 52 valence electrons. The number of rotatable bonds is 1. The van der Waals surface area contributed by atoms with Crippen molar-refractivity contribution in [3.8, 4) is 0 Å². The van der Waals surface area contributed by atoms with Crippen LogP contribution in [0.5, 0.6) is 0 Å². The van der Waals surface area contributed by atoms with Crippen molar-refractivity contribution in [2.24, 2.45) is 5.92 Å². The predicted molar refractivity (Wildman–Crippen MR) is 44.9 cm³/mol. The van der Waals surface area contributed by atoms with Crippen molar-refractivity contribution in [2.45, 2.75) is 30.5 Å². The molecule has 0 aromatic heterocycles. The van der Waals surface area contributed by atoms with Crippen molar-refractivity contribution in [2.75, 3.05) is 0 Å². The molecule has 0 amide bonds. The summed E-state index contributed by atoms with van der Waals surface area (Å²) in [6, 6.07) is 0. The van der Waals surface area contributed by atoms with Crippen LogP contribution in [-0.4, -0.2) is 4.83 Å². The first-order valence-electron chi connectivity index (χ1n) is 3.59. The van der Waals surface area contributed by atoms with E-state index in [0.29, 0.717) is 0 Å². The zero-order valence-electron chi connectivity index (χ0n) is 5.65. The van der Waals surface area contributed by atoms with E-state index in [9.17, 15) is 0 Å². The van der Waals surface area contributed by atoms with Crippen LogP contribution >= 0.6 is 15.9 Å². The van der Waals surface area contributed by atoms with E-state index in [1.165, 1.54) is 25.7 Å². The molecule has 0 saturated heterocycles. The maximum absolute atomic E-state index is 3.79. The predicted octanol–water partition coefficient (Wildman–Crippen LogP) is 3.13. The zero-order chi connectivity index (χ0) is 6.69. The summed E-state index contributed by atoms with van der Waals surface area (Å²) in [6.07, 6.45) is 7.42. The lowest BCUT2D eigenvalue weighted by molar-refractivity contribution is 0.433. The molecule has 0 aromatic rings. The summed E-state index contributed by atoms with van der Waals surface area (Å²) in [7, 11) is 0. The van der Waals surface area contributed by atoms with Crippen LogP contribution in [-0.2, 0) is 0 Å². The highest BCUT2D eigenvalue weighted by atomic mass is 79.9. The SMILES string of the molecule is C=CC1CCC(Br)CC1. The molecule has 0 radical (unpaired) electrons. The van der Waals surface area contributed by atoms with Crippen molar-refractivity contribution >= 4 is 15.9 Å². The van der Waals surface area contributed by atoms with Crippen molar-refractivity contribution < 1.29 is 0 Å². The molecule has 0 heterocycles. The standard InChI is InChI=1S/C8H13Br/c1-2-7-3-5-8(9)6-4-7/h2,7-8H,1,3-6H2. The van der Waals surface area contributed by atoms with E-state index in [2.05, 4.69) is 28.6 Å². The number of allylic oxidation sites excluding steroid dienone is 1. The average Bonchev–Trinajstić information content (AvgIpc) is 1.90. The van der Waals surface area contributed by atoms with Gasteiger partial charge in [0.1, 0.15) is 0 Å². The highest BCUT2D eigenvalue weighted by Crippen LogP contribution is 2.28. The summed E-state index contributed by atoms with van der Waals surface area (Å²) < 4.78 is 0. The van der Waals surface area contributed by atoms with E-state index in [1.54, 1.807) is 0 Å². The normalized spacial score (nSPS) is 36.1. The van der Waals surface area contributed by atoms with Crippen LogP contribution in [0.1, 0.15) is 25.7 Å². The second kappa shape index (κ2) is 3.40. The van der Waals surface area contributed by atoms with Crippen molar-refractivity contribution in [1.82, 2.24) is 0 Å². The summed E-state index contributed by atoms with van der Waals surface area (Å²) in [6.45, 7) is 3.79. The Balaban J connectivity index is 2.26. The van der Waals surface area contributed by atoms with Crippen LogP contribution in [0.4, 0.5) is 0 Å². The lowest BCUT2D eigenvalue weighted by Crippen LogP contribution is -2.11. The fourth-order valence-corrected chi connectivity index (χ4v) is 1.84. The van der Waals surface area contributed by atoms with E-state index in [0.717, 1.165) is 10.7 Å². The van der Waals surface area contributed by atoms with Crippen LogP contribution in [0.25, 0.3) is 0 Å². The van der Waals surface area contributed by atoms with E-state index >= 15 is 0 Å². The molecule has 0 nitrogen and oxygen atoms in total. The number of hydrogen-bond donors (Lipinski definition) is 0. The van der Waals surface area contributed by atoms with Gasteiger partial charge in [0.15, 0.2) is 0 Å². The molecule has 0 bridgehead atoms. The first-order chi connectivity index (χ1) is 4.33. The van der Waals surface area contributed by atoms with Crippen LogP contribution in [0.15, 0.2) is 12.7 Å². The fraction of sp³-hybridized carbons (Fsp3) is 0.750. The third-order valence-electron chi connectivity index (χ3n) is 2.03. The van der Waals surface area contributed by atoms with E-state index in [1.807, 2.05) is 0 Å². The van der Waals surface area contributed by atoms with Gasteiger partial charge in [-0.25, -0.2) is 0 Å². The van der Waals surface area contributed by atoms with Gasteiger partial charge >= 0.3 is 0 Å². The maximum atomic E-state index is 3.79. The van der Waals surface area contributed by atoms with Gasteiger partial charge in [-0.15, -0.1) is 6.58 Å². The summed E-state index contributed by atoms with van der Waals surface area (Å²) in [4.78, 5) is 0.786. The van der Waals surface area contributed by atoms with Gasteiger partial charge in [-0.1, -0.05) is 22.0 Å². The minimum Gasteiger partial charge on any atom is -0.103 e. The molecule has 1 saturated carbocycles. The van der Waals surface area contributed by atoms with Gasteiger partial charge < -0.3 is 0 Å². The molecule has 0 atom stereocenters. The molecule has 1 aliphatic carbocycles. The second-order valence-corrected chi connectivity index (χ2v) is 4.04. The van der Waals surface area contributed by atoms with Crippen LogP contribution < -0.4 is 0 Å². The highest BCUT2D eigenvalue weighted by molar-refractivity contribution is 9.09. The lowest BCUT2D eigenvalue weighted by atomic mass is 9.89. The van der Waals surface area contributed by atoms with Gasteiger partial charge in [0.05, 0.1) is 0 Å². The second-order valence-electron chi connectivity index (χ2n) is 2.75. The van der Waals surface area contributed by atoms with Gasteiger partial charge in [0, 0.05) is 4.83 Å². The van der Waals surface area contributed by atoms with Crippen LogP contribution in [0.3, 0.4) is 0 Å². The summed E-state index contributed by atoms with van der Waals surface area (Å²) in [5.41, 5.74) is 0. The van der Waals surface area contributed by atoms with Crippen LogP contribution in [0, 0.1) is 5.92 Å². The largest absolute Gasteiger partial charge is 0.103 e. The molecule has 1 aliphatic rings. The Morgan fingerprint density at radius 1 is 1.22 bits per heavy atom. The Morgan fingerprint density at radius 3 is 2.22 bits per heavy atom. The number of alkyl halides is 1. The molecule has 0 unspecified atom stereocenters. The summed E-state index contributed by atoms with van der Waals surface area (Å²) >= 11 is 3.61. The Labute approximate surface area is 65.5 Å². The molecule has 0 aromatic carbocycles. The highest BCUT2D eigenvalue weighted by Gasteiger charge is 2.15. The Bertz CT molecular complexity index is 90.7. The Kier molecular flexibility index (Phi) is 2.77.